The first-order valence-corrected chi connectivity index (χ1v) is 4.87. The Labute approximate surface area is 98.6 Å². The number of hydrogen-bond donors (Lipinski definition) is 2. The van der Waals surface area contributed by atoms with Crippen LogP contribution >= 0.6 is 23.2 Å². The number of carboxylic acid groups (broad SMARTS) is 1. The van der Waals surface area contributed by atoms with Crippen molar-refractivity contribution in [3.8, 4) is 0 Å². The summed E-state index contributed by atoms with van der Waals surface area (Å²) in [5.41, 5.74) is -0.898. The van der Waals surface area contributed by atoms with E-state index >= 15 is 0 Å². The maximum absolute atomic E-state index is 11.3. The molecule has 0 saturated carbocycles. The average Bonchev–Trinajstić information content (AvgIpc) is 2.23. The zero-order valence-corrected chi connectivity index (χ0v) is 9.13. The van der Waals surface area contributed by atoms with Crippen LogP contribution in [0.1, 0.15) is 10.5 Å². The molecule has 0 aliphatic heterocycles. The third-order valence-corrected chi connectivity index (χ3v) is 2.77. The molecule has 2 rings (SSSR count). The summed E-state index contributed by atoms with van der Waals surface area (Å²) in [6.07, 6.45) is 0. The van der Waals surface area contributed by atoms with Gasteiger partial charge in [0.2, 0.25) is 5.69 Å². The molecule has 0 aliphatic rings. The summed E-state index contributed by atoms with van der Waals surface area (Å²) in [5.74, 6) is -1.39. The Morgan fingerprint density at radius 3 is 2.69 bits per heavy atom. The quantitative estimate of drug-likeness (QED) is 0.819. The van der Waals surface area contributed by atoms with Crippen LogP contribution in [0.3, 0.4) is 0 Å². The molecular formula is C9H4Cl2N2O3. The second kappa shape index (κ2) is 3.77. The smallest absolute Gasteiger partial charge is 0.360 e. The normalized spacial score (nSPS) is 10.6. The minimum atomic E-state index is -1.39. The molecule has 0 aliphatic carbocycles. The van der Waals surface area contributed by atoms with Crippen molar-refractivity contribution in [2.75, 3.05) is 0 Å². The van der Waals surface area contributed by atoms with Gasteiger partial charge in [-0.2, -0.15) is 0 Å². The van der Waals surface area contributed by atoms with E-state index in [-0.39, 0.29) is 21.1 Å². The Bertz CT molecular complexity index is 651. The van der Waals surface area contributed by atoms with Gasteiger partial charge in [0.25, 0.3) is 5.56 Å². The zero-order valence-electron chi connectivity index (χ0n) is 7.62. The fourth-order valence-corrected chi connectivity index (χ4v) is 1.61. The number of halogens is 2. The highest BCUT2D eigenvalue weighted by Gasteiger charge is 2.14. The predicted octanol–water partition coefficient (Wildman–Crippen LogP) is 1.93. The van der Waals surface area contributed by atoms with Gasteiger partial charge in [0.05, 0.1) is 21.1 Å². The minimum Gasteiger partial charge on any atom is -0.476 e. The number of aromatic nitrogens is 2. The third-order valence-electron chi connectivity index (χ3n) is 1.96. The molecule has 0 spiro atoms. The van der Waals surface area contributed by atoms with E-state index in [9.17, 15) is 9.59 Å². The van der Waals surface area contributed by atoms with Gasteiger partial charge in [-0.25, -0.2) is 9.78 Å². The summed E-state index contributed by atoms with van der Waals surface area (Å²) >= 11 is 11.6. The summed E-state index contributed by atoms with van der Waals surface area (Å²) < 4.78 is 0. The monoisotopic (exact) mass is 258 g/mol. The van der Waals surface area contributed by atoms with Crippen LogP contribution in [0.25, 0.3) is 11.0 Å². The SMILES string of the molecule is O=C(O)c1nc2ccc(Cl)c(Cl)c2[nH]c1=O. The Morgan fingerprint density at radius 2 is 2.06 bits per heavy atom. The van der Waals surface area contributed by atoms with Crippen molar-refractivity contribution in [1.29, 1.82) is 0 Å². The molecule has 7 heteroatoms. The van der Waals surface area contributed by atoms with Gasteiger partial charge in [-0.1, -0.05) is 23.2 Å². The number of nitrogens with zero attached hydrogens (tertiary/aromatic N) is 1. The van der Waals surface area contributed by atoms with Crippen LogP contribution < -0.4 is 5.56 Å². The molecule has 0 atom stereocenters. The third kappa shape index (κ3) is 1.64. The number of carbonyl (C=O) groups is 1. The summed E-state index contributed by atoms with van der Waals surface area (Å²) in [5, 5.41) is 9.11. The van der Waals surface area contributed by atoms with Crippen LogP contribution in [0.2, 0.25) is 10.0 Å². The minimum absolute atomic E-state index is 0.140. The molecule has 1 aromatic carbocycles. The summed E-state index contributed by atoms with van der Waals surface area (Å²) in [7, 11) is 0. The van der Waals surface area contributed by atoms with Gasteiger partial charge < -0.3 is 10.1 Å². The lowest BCUT2D eigenvalue weighted by Gasteiger charge is -2.02. The highest BCUT2D eigenvalue weighted by Crippen LogP contribution is 2.27. The Hall–Kier alpha value is -1.59. The number of rotatable bonds is 1. The Balaban J connectivity index is 2.89. The standard InChI is InChI=1S/C9H4Cl2N2O3/c10-3-1-2-4-6(5(3)11)13-8(14)7(12-4)9(15)16/h1-2H,(H,13,14)(H,15,16). The second-order valence-corrected chi connectivity index (χ2v) is 3.76. The summed E-state index contributed by atoms with van der Waals surface area (Å²) in [4.78, 5) is 28.0. The van der Waals surface area contributed by atoms with Gasteiger partial charge in [0.1, 0.15) is 0 Å². The molecule has 0 bridgehead atoms. The first kappa shape index (κ1) is 10.9. The number of benzene rings is 1. The molecule has 0 amide bonds. The van der Waals surface area contributed by atoms with Crippen LogP contribution in [0.15, 0.2) is 16.9 Å². The Morgan fingerprint density at radius 1 is 1.38 bits per heavy atom. The maximum atomic E-state index is 11.3. The molecule has 2 aromatic rings. The molecule has 0 fully saturated rings. The Kier molecular flexibility index (Phi) is 2.57. The highest BCUT2D eigenvalue weighted by molar-refractivity contribution is 6.44. The highest BCUT2D eigenvalue weighted by atomic mass is 35.5. The number of aromatic carboxylic acids is 1. The number of H-pyrrole nitrogens is 1. The predicted molar refractivity (Wildman–Crippen MR) is 59.3 cm³/mol. The van der Waals surface area contributed by atoms with Crippen molar-refractivity contribution >= 4 is 40.2 Å². The van der Waals surface area contributed by atoms with E-state index in [1.807, 2.05) is 0 Å². The molecule has 2 N–H and O–H groups in total. The molecule has 5 nitrogen and oxygen atoms in total. The number of fused-ring (bicyclic) bond motifs is 1. The summed E-state index contributed by atoms with van der Waals surface area (Å²) in [6, 6.07) is 2.95. The van der Waals surface area contributed by atoms with Crippen molar-refractivity contribution in [3.05, 3.63) is 38.2 Å². The molecule has 0 saturated heterocycles. The van der Waals surface area contributed by atoms with Crippen molar-refractivity contribution in [2.24, 2.45) is 0 Å². The van der Waals surface area contributed by atoms with Crippen LogP contribution in [0.5, 0.6) is 0 Å². The number of hydrogen-bond acceptors (Lipinski definition) is 3. The molecule has 0 radical (unpaired) electrons. The van der Waals surface area contributed by atoms with Crippen LogP contribution in [-0.4, -0.2) is 21.0 Å². The van der Waals surface area contributed by atoms with E-state index in [1.54, 1.807) is 0 Å². The van der Waals surface area contributed by atoms with E-state index in [2.05, 4.69) is 9.97 Å². The van der Waals surface area contributed by atoms with Crippen molar-refractivity contribution in [3.63, 3.8) is 0 Å². The van der Waals surface area contributed by atoms with Gasteiger partial charge in [-0.15, -0.1) is 0 Å². The van der Waals surface area contributed by atoms with Gasteiger partial charge in [-0.3, -0.25) is 4.79 Å². The van der Waals surface area contributed by atoms with E-state index in [1.165, 1.54) is 12.1 Å². The molecule has 1 aromatic heterocycles. The van der Waals surface area contributed by atoms with Gasteiger partial charge in [-0.05, 0) is 12.1 Å². The zero-order chi connectivity index (χ0) is 11.9. The second-order valence-electron chi connectivity index (χ2n) is 2.98. The largest absolute Gasteiger partial charge is 0.476 e. The molecule has 0 unspecified atom stereocenters. The first-order chi connectivity index (χ1) is 7.50. The molecule has 82 valence electrons. The summed E-state index contributed by atoms with van der Waals surface area (Å²) in [6.45, 7) is 0. The van der Waals surface area contributed by atoms with E-state index in [4.69, 9.17) is 28.3 Å². The lowest BCUT2D eigenvalue weighted by atomic mass is 10.3. The van der Waals surface area contributed by atoms with Gasteiger partial charge >= 0.3 is 5.97 Å². The van der Waals surface area contributed by atoms with E-state index in [0.717, 1.165) is 0 Å². The van der Waals surface area contributed by atoms with E-state index in [0.29, 0.717) is 0 Å². The molecule has 16 heavy (non-hydrogen) atoms. The van der Waals surface area contributed by atoms with Gasteiger partial charge in [0, 0.05) is 0 Å². The van der Waals surface area contributed by atoms with Crippen LogP contribution in [0.4, 0.5) is 0 Å². The lowest BCUT2D eigenvalue weighted by molar-refractivity contribution is 0.0689. The molecule has 1 heterocycles. The first-order valence-electron chi connectivity index (χ1n) is 4.12. The van der Waals surface area contributed by atoms with E-state index < -0.39 is 17.2 Å². The van der Waals surface area contributed by atoms with Crippen LogP contribution in [0, 0.1) is 0 Å². The number of aromatic amines is 1. The lowest BCUT2D eigenvalue weighted by Crippen LogP contribution is -2.19. The molecular weight excluding hydrogens is 255 g/mol. The van der Waals surface area contributed by atoms with Crippen molar-refractivity contribution < 1.29 is 9.90 Å². The van der Waals surface area contributed by atoms with Crippen molar-refractivity contribution in [2.45, 2.75) is 0 Å². The fourth-order valence-electron chi connectivity index (χ4n) is 1.24. The average molecular weight is 259 g/mol. The topological polar surface area (TPSA) is 83.0 Å². The fraction of sp³-hybridized carbons (Fsp3) is 0. The van der Waals surface area contributed by atoms with Crippen LogP contribution in [-0.2, 0) is 0 Å². The van der Waals surface area contributed by atoms with Crippen molar-refractivity contribution in [1.82, 2.24) is 9.97 Å². The number of carboxylic acids is 1. The van der Waals surface area contributed by atoms with Gasteiger partial charge in [0.15, 0.2) is 0 Å². The maximum Gasteiger partial charge on any atom is 0.360 e. The number of nitrogens with one attached hydrogen (secondary N) is 1.